The number of rotatable bonds is 8. The molecule has 1 aliphatic heterocycles. The molecule has 1 atom stereocenters. The summed E-state index contributed by atoms with van der Waals surface area (Å²) in [6.45, 7) is 2.16. The predicted molar refractivity (Wildman–Crippen MR) is 157 cm³/mol. The van der Waals surface area contributed by atoms with E-state index in [4.69, 9.17) is 23.4 Å². The average Bonchev–Trinajstić information content (AvgIpc) is 3.40. The fraction of sp³-hybridized carbons (Fsp3) is 0.586. The molecule has 3 fully saturated rings. The van der Waals surface area contributed by atoms with E-state index >= 15 is 0 Å². The minimum atomic E-state index is -0.491. The second-order valence-corrected chi connectivity index (χ2v) is 18.1. The molecule has 0 radical (unpaired) electrons. The summed E-state index contributed by atoms with van der Waals surface area (Å²) in [4.78, 5) is 0. The van der Waals surface area contributed by atoms with Gasteiger partial charge in [0.2, 0.25) is 0 Å². The van der Waals surface area contributed by atoms with Gasteiger partial charge in [-0.25, -0.2) is 0 Å². The van der Waals surface area contributed by atoms with Gasteiger partial charge in [0.25, 0.3) is 0 Å². The third-order valence-electron chi connectivity index (χ3n) is 7.89. The Morgan fingerprint density at radius 2 is 1.17 bits per heavy atom. The van der Waals surface area contributed by atoms with E-state index in [-0.39, 0.29) is 8.15 Å². The van der Waals surface area contributed by atoms with Crippen molar-refractivity contribution in [1.82, 2.24) is 4.67 Å². The van der Waals surface area contributed by atoms with Crippen molar-refractivity contribution in [1.29, 1.82) is 0 Å². The molecule has 3 aliphatic rings. The number of hydrogen-bond donors (Lipinski definition) is 0. The molecule has 36 heavy (non-hydrogen) atoms. The van der Waals surface area contributed by atoms with Crippen LogP contribution in [0.5, 0.6) is 0 Å². The average molecular weight is 748 g/mol. The SMILES string of the molecule is [Cl][Pt][Cl].c1ccc(P(c2ccccc2)N2CCC[C@H]2COP(C2CCCCC2)C2CCCCC2)cc1. The summed E-state index contributed by atoms with van der Waals surface area (Å²) >= 11 is -0.472. The molecule has 2 saturated carbocycles. The summed E-state index contributed by atoms with van der Waals surface area (Å²) in [6, 6.07) is 23.0. The second kappa shape index (κ2) is 16.6. The van der Waals surface area contributed by atoms with Crippen LogP contribution in [0, 0.1) is 0 Å². The molecule has 0 bridgehead atoms. The van der Waals surface area contributed by atoms with Crippen LogP contribution >= 0.6 is 35.1 Å². The summed E-state index contributed by atoms with van der Waals surface area (Å²) in [6.07, 6.45) is 16.9. The zero-order chi connectivity index (χ0) is 25.0. The molecule has 2 aromatic rings. The topological polar surface area (TPSA) is 12.5 Å². The van der Waals surface area contributed by atoms with E-state index in [1.54, 1.807) is 0 Å². The van der Waals surface area contributed by atoms with Crippen molar-refractivity contribution in [2.75, 3.05) is 13.2 Å². The minimum absolute atomic E-state index is 0.279. The summed E-state index contributed by atoms with van der Waals surface area (Å²) in [5.41, 5.74) is 1.74. The Morgan fingerprint density at radius 3 is 1.64 bits per heavy atom. The molecule has 0 aromatic heterocycles. The van der Waals surface area contributed by atoms with Gasteiger partial charge >= 0.3 is 35.3 Å². The van der Waals surface area contributed by atoms with Crippen molar-refractivity contribution in [2.24, 2.45) is 0 Å². The number of hydrogen-bond acceptors (Lipinski definition) is 2. The maximum absolute atomic E-state index is 7.09. The Morgan fingerprint density at radius 1 is 0.694 bits per heavy atom. The predicted octanol–water partition coefficient (Wildman–Crippen LogP) is 8.95. The van der Waals surface area contributed by atoms with Gasteiger partial charge in [-0.1, -0.05) is 99.2 Å². The fourth-order valence-corrected chi connectivity index (χ4v) is 12.0. The zero-order valence-corrected chi connectivity index (χ0v) is 26.8. The van der Waals surface area contributed by atoms with Crippen molar-refractivity contribution < 1.29 is 21.0 Å². The van der Waals surface area contributed by atoms with Crippen molar-refractivity contribution in [3.63, 3.8) is 0 Å². The molecule has 5 rings (SSSR count). The second-order valence-electron chi connectivity index (χ2n) is 10.2. The Balaban J connectivity index is 0.000000967. The Labute approximate surface area is 238 Å². The van der Waals surface area contributed by atoms with E-state index in [1.165, 1.54) is 94.2 Å². The summed E-state index contributed by atoms with van der Waals surface area (Å²) < 4.78 is 9.92. The number of halogens is 2. The van der Waals surface area contributed by atoms with E-state index in [1.807, 2.05) is 0 Å². The van der Waals surface area contributed by atoms with Gasteiger partial charge in [-0.3, -0.25) is 4.67 Å². The van der Waals surface area contributed by atoms with Crippen LogP contribution < -0.4 is 10.6 Å². The molecule has 2 aromatic carbocycles. The van der Waals surface area contributed by atoms with Crippen molar-refractivity contribution >= 4 is 45.7 Å². The van der Waals surface area contributed by atoms with E-state index in [9.17, 15) is 0 Å². The van der Waals surface area contributed by atoms with Gasteiger partial charge in [-0.2, -0.15) is 0 Å². The molecule has 1 heterocycles. The molecule has 2 nitrogen and oxygen atoms in total. The normalized spacial score (nSPS) is 22.2. The van der Waals surface area contributed by atoms with Gasteiger partial charge in [0.1, 0.15) is 0 Å². The van der Waals surface area contributed by atoms with Crippen LogP contribution in [-0.4, -0.2) is 35.2 Å². The molecule has 0 amide bonds. The molecule has 0 unspecified atom stereocenters. The Bertz CT molecular complexity index is 795. The van der Waals surface area contributed by atoms with Crippen LogP contribution in [0.15, 0.2) is 60.7 Å². The maximum atomic E-state index is 7.09. The molecule has 0 spiro atoms. The third-order valence-corrected chi connectivity index (χ3v) is 13.4. The van der Waals surface area contributed by atoms with E-state index in [0.29, 0.717) is 6.04 Å². The van der Waals surface area contributed by atoms with Gasteiger partial charge in [0.05, 0.1) is 6.61 Å². The quantitative estimate of drug-likeness (QED) is 0.250. The van der Waals surface area contributed by atoms with Crippen molar-refractivity contribution in [3.05, 3.63) is 60.7 Å². The Hall–Kier alpha value is 0.488. The first-order chi connectivity index (χ1) is 17.8. The van der Waals surface area contributed by atoms with Crippen LogP contribution in [0.2, 0.25) is 0 Å². The first-order valence-corrected chi connectivity index (χ1v) is 22.0. The van der Waals surface area contributed by atoms with Gasteiger partial charge < -0.3 is 4.52 Å². The molecule has 1 saturated heterocycles. The molecule has 7 heteroatoms. The van der Waals surface area contributed by atoms with Crippen molar-refractivity contribution in [3.8, 4) is 0 Å². The molecule has 0 N–H and O–H groups in total. The van der Waals surface area contributed by atoms with Crippen LogP contribution in [0.3, 0.4) is 0 Å². The van der Waals surface area contributed by atoms with Crippen LogP contribution in [0.25, 0.3) is 0 Å². The maximum Gasteiger partial charge on any atom is 0.0668 e. The van der Waals surface area contributed by atoms with Gasteiger partial charge in [-0.05, 0) is 49.1 Å². The van der Waals surface area contributed by atoms with E-state index < -0.39 is 24.6 Å². The van der Waals surface area contributed by atoms with Crippen LogP contribution in [0.4, 0.5) is 0 Å². The number of benzene rings is 2. The smallest absolute Gasteiger partial charge is 0.0668 e. The summed E-state index contributed by atoms with van der Waals surface area (Å²) in [7, 11) is 8.98. The number of nitrogens with zero attached hydrogens (tertiary/aromatic N) is 1. The fourth-order valence-electron chi connectivity index (χ4n) is 6.19. The standard InChI is InChI=1S/C29H41NOP2.2ClH.Pt/c1-5-15-26(16-6-1)32(27-17-7-2-8-18-27)30-23-13-14-25(30)24-31-33(28-19-9-3-10-20-28)29-21-11-4-12-22-29;;;/h1-2,5-8,15-18,25,28-29H,3-4,9-14,19-24H2;2*1H;/q;;;+2/p-2/t25-;;;/m0.../s1. The molecular weight excluding hydrogens is 706 g/mol. The minimum Gasteiger partial charge on any atom is -0.357 e. The summed E-state index contributed by atoms with van der Waals surface area (Å²) in [5.74, 6) is 0. The molecule has 2 aliphatic carbocycles. The van der Waals surface area contributed by atoms with Gasteiger partial charge in [0, 0.05) is 40.1 Å². The van der Waals surface area contributed by atoms with Crippen LogP contribution in [0.1, 0.15) is 77.0 Å². The van der Waals surface area contributed by atoms with Gasteiger partial charge in [0.15, 0.2) is 0 Å². The largest absolute Gasteiger partial charge is 0.357 e. The van der Waals surface area contributed by atoms with Gasteiger partial charge in [-0.15, -0.1) is 0 Å². The molecular formula is C29H41Cl2NOP2Pt. The molecule has 202 valence electrons. The van der Waals surface area contributed by atoms with Crippen LogP contribution in [-0.2, 0) is 21.0 Å². The third kappa shape index (κ3) is 8.49. The first kappa shape index (κ1) is 29.5. The summed E-state index contributed by atoms with van der Waals surface area (Å²) in [5, 5.41) is 2.96. The van der Waals surface area contributed by atoms with E-state index in [2.05, 4.69) is 65.3 Å². The van der Waals surface area contributed by atoms with E-state index in [0.717, 1.165) is 17.9 Å². The van der Waals surface area contributed by atoms with Crippen molar-refractivity contribution in [2.45, 2.75) is 94.4 Å². The monoisotopic (exact) mass is 746 g/mol. The Kier molecular flexibility index (Phi) is 13.6. The first-order valence-electron chi connectivity index (χ1n) is 13.7. The zero-order valence-electron chi connectivity index (χ0n) is 21.2.